The number of hydrogen-bond acceptors (Lipinski definition) is 2. The number of nitrogens with zero attached hydrogens (tertiary/aromatic N) is 2. The topological polar surface area (TPSA) is 6.48 Å². The Morgan fingerprint density at radius 2 is 1.85 bits per heavy atom. The third kappa shape index (κ3) is 4.63. The van der Waals surface area contributed by atoms with Crippen LogP contribution < -0.4 is 0 Å². The van der Waals surface area contributed by atoms with E-state index < -0.39 is 0 Å². The lowest BCUT2D eigenvalue weighted by molar-refractivity contribution is 0.105. The molecule has 0 spiro atoms. The molecule has 0 aromatic rings. The quantitative estimate of drug-likeness (QED) is 0.651. The van der Waals surface area contributed by atoms with Crippen molar-refractivity contribution in [3.8, 4) is 0 Å². The number of likely N-dealkylation sites (N-methyl/N-ethyl adjacent to an activating group) is 1. The molecule has 1 unspecified atom stereocenters. The van der Waals surface area contributed by atoms with Gasteiger partial charge < -0.3 is 9.80 Å². The van der Waals surface area contributed by atoms with Gasteiger partial charge in [-0.25, -0.2) is 0 Å². The van der Waals surface area contributed by atoms with Gasteiger partial charge in [0.25, 0.3) is 0 Å². The second-order valence-electron chi connectivity index (χ2n) is 3.63. The van der Waals surface area contributed by atoms with Gasteiger partial charge in [0.2, 0.25) is 0 Å². The van der Waals surface area contributed by atoms with Crippen LogP contribution >= 0.6 is 0 Å². The first-order valence-corrected chi connectivity index (χ1v) is 5.66. The van der Waals surface area contributed by atoms with Crippen LogP contribution in [0.2, 0.25) is 0 Å². The zero-order valence-corrected chi connectivity index (χ0v) is 10.0. The van der Waals surface area contributed by atoms with E-state index in [0.717, 1.165) is 6.04 Å². The lowest BCUT2D eigenvalue weighted by Gasteiger charge is -2.37. The lowest BCUT2D eigenvalue weighted by atomic mass is 10.2. The minimum atomic E-state index is 0.746. The van der Waals surface area contributed by atoms with Gasteiger partial charge in [-0.1, -0.05) is 20.8 Å². The fraction of sp³-hybridized carbons (Fsp3) is 1.00. The SMILES string of the molecule is CC.CCCN1CCN(C)C(C)C1. The average molecular weight is 186 g/mol. The highest BCUT2D eigenvalue weighted by Crippen LogP contribution is 2.06. The second kappa shape index (κ2) is 7.34. The van der Waals surface area contributed by atoms with Crippen LogP contribution in [0.5, 0.6) is 0 Å². The molecule has 2 heteroatoms. The molecule has 1 heterocycles. The Hall–Kier alpha value is -0.0800. The predicted octanol–water partition coefficient (Wildman–Crippen LogP) is 2.06. The Labute approximate surface area is 83.9 Å². The summed E-state index contributed by atoms with van der Waals surface area (Å²) in [7, 11) is 2.22. The highest BCUT2D eigenvalue weighted by molar-refractivity contribution is 4.75. The molecule has 13 heavy (non-hydrogen) atoms. The summed E-state index contributed by atoms with van der Waals surface area (Å²) in [6.45, 7) is 13.6. The van der Waals surface area contributed by atoms with Crippen LogP contribution in [-0.4, -0.2) is 49.1 Å². The van der Waals surface area contributed by atoms with Crippen molar-refractivity contribution in [1.29, 1.82) is 0 Å². The van der Waals surface area contributed by atoms with Gasteiger partial charge in [-0.15, -0.1) is 0 Å². The van der Waals surface area contributed by atoms with E-state index in [1.807, 2.05) is 13.8 Å². The van der Waals surface area contributed by atoms with Crippen LogP contribution in [-0.2, 0) is 0 Å². The molecule has 0 radical (unpaired) electrons. The summed E-state index contributed by atoms with van der Waals surface area (Å²) in [5.74, 6) is 0. The van der Waals surface area contributed by atoms with Crippen molar-refractivity contribution in [3.05, 3.63) is 0 Å². The Kier molecular flexibility index (Phi) is 7.29. The van der Waals surface area contributed by atoms with Crippen LogP contribution in [0.4, 0.5) is 0 Å². The molecule has 1 aliphatic rings. The van der Waals surface area contributed by atoms with Crippen LogP contribution in [0, 0.1) is 0 Å². The summed E-state index contributed by atoms with van der Waals surface area (Å²) in [6.07, 6.45) is 1.29. The predicted molar refractivity (Wildman–Crippen MR) is 60.2 cm³/mol. The molecule has 0 saturated carbocycles. The van der Waals surface area contributed by atoms with Crippen molar-refractivity contribution < 1.29 is 0 Å². The Balaban J connectivity index is 0.000000671. The van der Waals surface area contributed by atoms with E-state index in [1.54, 1.807) is 0 Å². The first kappa shape index (κ1) is 12.9. The highest BCUT2D eigenvalue weighted by atomic mass is 15.3. The molecule has 1 aliphatic heterocycles. The van der Waals surface area contributed by atoms with Gasteiger partial charge in [0.05, 0.1) is 0 Å². The smallest absolute Gasteiger partial charge is 0.0192 e. The molecule has 1 atom stereocenters. The number of hydrogen-bond donors (Lipinski definition) is 0. The van der Waals surface area contributed by atoms with Crippen LogP contribution in [0.25, 0.3) is 0 Å². The number of piperazine rings is 1. The molecule has 0 amide bonds. The Morgan fingerprint density at radius 1 is 1.23 bits per heavy atom. The van der Waals surface area contributed by atoms with Gasteiger partial charge in [0, 0.05) is 25.7 Å². The zero-order valence-electron chi connectivity index (χ0n) is 10.0. The normalized spacial score (nSPS) is 25.2. The summed E-state index contributed by atoms with van der Waals surface area (Å²) in [5.41, 5.74) is 0. The van der Waals surface area contributed by atoms with E-state index >= 15 is 0 Å². The van der Waals surface area contributed by atoms with E-state index in [9.17, 15) is 0 Å². The van der Waals surface area contributed by atoms with Gasteiger partial charge in [-0.3, -0.25) is 0 Å². The Morgan fingerprint density at radius 3 is 2.31 bits per heavy atom. The van der Waals surface area contributed by atoms with E-state index in [4.69, 9.17) is 0 Å². The van der Waals surface area contributed by atoms with Crippen LogP contribution in [0.3, 0.4) is 0 Å². The first-order chi connectivity index (χ1) is 6.24. The van der Waals surface area contributed by atoms with Crippen LogP contribution in [0.1, 0.15) is 34.1 Å². The molecule has 0 aromatic heterocycles. The molecule has 2 nitrogen and oxygen atoms in total. The molecule has 0 bridgehead atoms. The fourth-order valence-electron chi connectivity index (χ4n) is 1.64. The average Bonchev–Trinajstić information content (AvgIpc) is 2.15. The summed E-state index contributed by atoms with van der Waals surface area (Å²) in [6, 6.07) is 0.746. The van der Waals surface area contributed by atoms with Gasteiger partial charge in [0.15, 0.2) is 0 Å². The summed E-state index contributed by atoms with van der Waals surface area (Å²) >= 11 is 0. The van der Waals surface area contributed by atoms with E-state index in [0.29, 0.717) is 0 Å². The third-order valence-electron chi connectivity index (χ3n) is 2.58. The van der Waals surface area contributed by atoms with E-state index in [-0.39, 0.29) is 0 Å². The maximum Gasteiger partial charge on any atom is 0.0192 e. The van der Waals surface area contributed by atoms with Crippen molar-refractivity contribution in [2.24, 2.45) is 0 Å². The van der Waals surface area contributed by atoms with Gasteiger partial charge in [-0.05, 0) is 26.9 Å². The maximum atomic E-state index is 2.56. The summed E-state index contributed by atoms with van der Waals surface area (Å²) < 4.78 is 0. The van der Waals surface area contributed by atoms with E-state index in [2.05, 4.69) is 30.7 Å². The second-order valence-corrected chi connectivity index (χ2v) is 3.63. The first-order valence-electron chi connectivity index (χ1n) is 5.66. The molecule has 1 fully saturated rings. The van der Waals surface area contributed by atoms with E-state index in [1.165, 1.54) is 32.6 Å². The summed E-state index contributed by atoms with van der Waals surface area (Å²) in [4.78, 5) is 5.00. The van der Waals surface area contributed by atoms with Crippen molar-refractivity contribution in [1.82, 2.24) is 9.80 Å². The molecule has 0 aromatic carbocycles. The molecular weight excluding hydrogens is 160 g/mol. The zero-order chi connectivity index (χ0) is 10.3. The molecule has 80 valence electrons. The van der Waals surface area contributed by atoms with Crippen molar-refractivity contribution in [2.75, 3.05) is 33.2 Å². The monoisotopic (exact) mass is 186 g/mol. The standard InChI is InChI=1S/C9H20N2.C2H6/c1-4-5-11-7-6-10(3)9(2)8-11;1-2/h9H,4-8H2,1-3H3;1-2H3. The molecule has 0 aliphatic carbocycles. The largest absolute Gasteiger partial charge is 0.301 e. The van der Waals surface area contributed by atoms with Crippen molar-refractivity contribution >= 4 is 0 Å². The van der Waals surface area contributed by atoms with Gasteiger partial charge in [0.1, 0.15) is 0 Å². The van der Waals surface area contributed by atoms with Crippen LogP contribution in [0.15, 0.2) is 0 Å². The molecule has 1 saturated heterocycles. The lowest BCUT2D eigenvalue weighted by Crippen LogP contribution is -2.50. The maximum absolute atomic E-state index is 2.56. The van der Waals surface area contributed by atoms with Crippen molar-refractivity contribution in [2.45, 2.75) is 40.2 Å². The van der Waals surface area contributed by atoms with Crippen molar-refractivity contribution in [3.63, 3.8) is 0 Å². The number of rotatable bonds is 2. The molecule has 1 rings (SSSR count). The summed E-state index contributed by atoms with van der Waals surface area (Å²) in [5, 5.41) is 0. The minimum Gasteiger partial charge on any atom is -0.301 e. The Bertz CT molecular complexity index is 115. The highest BCUT2D eigenvalue weighted by Gasteiger charge is 2.18. The minimum absolute atomic E-state index is 0.746. The third-order valence-corrected chi connectivity index (χ3v) is 2.58. The molecule has 0 N–H and O–H groups in total. The molecular formula is C11H26N2. The van der Waals surface area contributed by atoms with Gasteiger partial charge in [-0.2, -0.15) is 0 Å². The van der Waals surface area contributed by atoms with Gasteiger partial charge >= 0.3 is 0 Å². The fourth-order valence-corrected chi connectivity index (χ4v) is 1.64.